The Morgan fingerprint density at radius 2 is 1.62 bits per heavy atom. The molecule has 0 aliphatic heterocycles. The van der Waals surface area contributed by atoms with Gasteiger partial charge in [-0.3, -0.25) is 4.79 Å². The number of carbonyl (C=O) groups is 1. The van der Waals surface area contributed by atoms with Crippen LogP contribution in [0.3, 0.4) is 0 Å². The van der Waals surface area contributed by atoms with Crippen LogP contribution in [0.25, 0.3) is 11.3 Å². The maximum Gasteiger partial charge on any atom is 0.163 e. The van der Waals surface area contributed by atoms with E-state index in [4.69, 9.17) is 4.42 Å². The number of furan rings is 1. The molecular weight excluding hydrogens is 260 g/mol. The molecule has 2 nitrogen and oxygen atoms in total. The molecule has 0 spiro atoms. The van der Waals surface area contributed by atoms with Crippen LogP contribution in [0.1, 0.15) is 22.3 Å². The molecule has 0 radical (unpaired) electrons. The Labute approximate surface area is 124 Å². The highest BCUT2D eigenvalue weighted by molar-refractivity contribution is 5.96. The summed E-state index contributed by atoms with van der Waals surface area (Å²) < 4.78 is 5.36. The molecule has 1 aromatic heterocycles. The van der Waals surface area contributed by atoms with Gasteiger partial charge in [-0.25, -0.2) is 0 Å². The van der Waals surface area contributed by atoms with E-state index < -0.39 is 0 Å². The summed E-state index contributed by atoms with van der Waals surface area (Å²) in [5.74, 6) is 1.05. The van der Waals surface area contributed by atoms with Crippen LogP contribution in [0, 0.1) is 0 Å². The molecule has 0 saturated carbocycles. The lowest BCUT2D eigenvalue weighted by molar-refractivity contribution is 0.0983. The van der Waals surface area contributed by atoms with Crippen LogP contribution in [0.4, 0.5) is 0 Å². The third-order valence-corrected chi connectivity index (χ3v) is 3.50. The predicted molar refractivity (Wildman–Crippen MR) is 83.2 cm³/mol. The molecule has 0 saturated heterocycles. The fraction of sp³-hybridized carbons (Fsp3) is 0.105. The van der Waals surface area contributed by atoms with Crippen LogP contribution in [0.2, 0.25) is 0 Å². The number of rotatable bonds is 5. The first-order chi connectivity index (χ1) is 10.3. The van der Waals surface area contributed by atoms with E-state index in [0.29, 0.717) is 6.42 Å². The number of ketones is 1. The molecule has 1 heterocycles. The molecule has 2 heteroatoms. The van der Waals surface area contributed by atoms with Gasteiger partial charge >= 0.3 is 0 Å². The van der Waals surface area contributed by atoms with Gasteiger partial charge in [0.2, 0.25) is 0 Å². The van der Waals surface area contributed by atoms with E-state index >= 15 is 0 Å². The standard InChI is InChI=1S/C19H16O2/c20-18(16-5-2-1-3-6-16)13-10-15-8-11-17(12-9-15)19-7-4-14-21-19/h1-9,11-12,14H,10,13H2. The van der Waals surface area contributed by atoms with Gasteiger partial charge in [0.25, 0.3) is 0 Å². The van der Waals surface area contributed by atoms with Crippen LogP contribution < -0.4 is 0 Å². The van der Waals surface area contributed by atoms with Crippen molar-refractivity contribution in [3.05, 3.63) is 84.1 Å². The molecule has 0 unspecified atom stereocenters. The first kappa shape index (κ1) is 13.4. The maximum absolute atomic E-state index is 12.1. The van der Waals surface area contributed by atoms with E-state index in [1.54, 1.807) is 6.26 Å². The van der Waals surface area contributed by atoms with Crippen molar-refractivity contribution in [2.75, 3.05) is 0 Å². The summed E-state index contributed by atoms with van der Waals surface area (Å²) >= 11 is 0. The van der Waals surface area contributed by atoms with Gasteiger partial charge in [0.15, 0.2) is 5.78 Å². The van der Waals surface area contributed by atoms with Crippen molar-refractivity contribution in [3.8, 4) is 11.3 Å². The van der Waals surface area contributed by atoms with Gasteiger partial charge in [0, 0.05) is 17.5 Å². The number of Topliss-reactive ketones (excluding diaryl/α,β-unsaturated/α-hetero) is 1. The van der Waals surface area contributed by atoms with Crippen molar-refractivity contribution in [1.82, 2.24) is 0 Å². The summed E-state index contributed by atoms with van der Waals surface area (Å²) in [6.07, 6.45) is 2.96. The Morgan fingerprint density at radius 1 is 0.857 bits per heavy atom. The molecule has 0 fully saturated rings. The minimum atomic E-state index is 0.186. The molecule has 0 aliphatic rings. The average Bonchev–Trinajstić information content (AvgIpc) is 3.08. The Bertz CT molecular complexity index is 695. The summed E-state index contributed by atoms with van der Waals surface area (Å²) in [6, 6.07) is 21.4. The normalized spacial score (nSPS) is 10.5. The van der Waals surface area contributed by atoms with Crippen molar-refractivity contribution >= 4 is 5.78 Å². The molecule has 2 aromatic carbocycles. The predicted octanol–water partition coefficient (Wildman–Crippen LogP) is 4.76. The van der Waals surface area contributed by atoms with Gasteiger partial charge in [-0.2, -0.15) is 0 Å². The first-order valence-electron chi connectivity index (χ1n) is 7.04. The second kappa shape index (κ2) is 6.23. The summed E-state index contributed by atoms with van der Waals surface area (Å²) in [6.45, 7) is 0. The zero-order valence-electron chi connectivity index (χ0n) is 11.7. The van der Waals surface area contributed by atoms with Gasteiger partial charge in [0.1, 0.15) is 5.76 Å². The maximum atomic E-state index is 12.1. The molecule has 0 amide bonds. The highest BCUT2D eigenvalue weighted by atomic mass is 16.3. The first-order valence-corrected chi connectivity index (χ1v) is 7.04. The highest BCUT2D eigenvalue weighted by Gasteiger charge is 2.06. The summed E-state index contributed by atoms with van der Waals surface area (Å²) in [4.78, 5) is 12.1. The van der Waals surface area contributed by atoms with E-state index in [1.165, 1.54) is 0 Å². The van der Waals surface area contributed by atoms with Gasteiger partial charge in [-0.05, 0) is 24.1 Å². The van der Waals surface area contributed by atoms with E-state index in [2.05, 4.69) is 12.1 Å². The Balaban J connectivity index is 1.62. The smallest absolute Gasteiger partial charge is 0.163 e. The largest absolute Gasteiger partial charge is 0.464 e. The molecule has 3 rings (SSSR count). The van der Waals surface area contributed by atoms with Crippen LogP contribution in [-0.4, -0.2) is 5.78 Å². The van der Waals surface area contributed by atoms with Crippen LogP contribution >= 0.6 is 0 Å². The summed E-state index contributed by atoms with van der Waals surface area (Å²) in [5, 5.41) is 0. The lowest BCUT2D eigenvalue weighted by Crippen LogP contribution is -2.00. The molecule has 0 aliphatic carbocycles. The molecule has 3 aromatic rings. The quantitative estimate of drug-likeness (QED) is 0.629. The van der Waals surface area contributed by atoms with Gasteiger partial charge in [0.05, 0.1) is 6.26 Å². The topological polar surface area (TPSA) is 30.2 Å². The second-order valence-corrected chi connectivity index (χ2v) is 4.96. The minimum absolute atomic E-state index is 0.186. The third-order valence-electron chi connectivity index (χ3n) is 3.50. The van der Waals surface area contributed by atoms with Gasteiger partial charge < -0.3 is 4.42 Å². The van der Waals surface area contributed by atoms with Crippen LogP contribution in [-0.2, 0) is 6.42 Å². The van der Waals surface area contributed by atoms with Crippen molar-refractivity contribution in [3.63, 3.8) is 0 Å². The fourth-order valence-electron chi connectivity index (χ4n) is 2.30. The average molecular weight is 276 g/mol. The SMILES string of the molecule is O=C(CCc1ccc(-c2ccco2)cc1)c1ccccc1. The van der Waals surface area contributed by atoms with E-state index in [9.17, 15) is 4.79 Å². The minimum Gasteiger partial charge on any atom is -0.464 e. The number of aryl methyl sites for hydroxylation is 1. The summed E-state index contributed by atoms with van der Waals surface area (Å²) in [7, 11) is 0. The lowest BCUT2D eigenvalue weighted by Gasteiger charge is -2.03. The van der Waals surface area contributed by atoms with Crippen molar-refractivity contribution in [2.24, 2.45) is 0 Å². The molecule has 0 N–H and O–H groups in total. The number of hydrogen-bond acceptors (Lipinski definition) is 2. The number of benzene rings is 2. The Hall–Kier alpha value is -2.61. The zero-order chi connectivity index (χ0) is 14.5. The fourth-order valence-corrected chi connectivity index (χ4v) is 2.30. The lowest BCUT2D eigenvalue weighted by atomic mass is 10.0. The third kappa shape index (κ3) is 3.29. The van der Waals surface area contributed by atoms with E-state index in [-0.39, 0.29) is 5.78 Å². The number of hydrogen-bond donors (Lipinski definition) is 0. The number of carbonyl (C=O) groups excluding carboxylic acids is 1. The molecule has 0 bridgehead atoms. The van der Waals surface area contributed by atoms with Crippen LogP contribution in [0.5, 0.6) is 0 Å². The molecular formula is C19H16O2. The molecule has 104 valence electrons. The molecule has 21 heavy (non-hydrogen) atoms. The van der Waals surface area contributed by atoms with Crippen molar-refractivity contribution < 1.29 is 9.21 Å². The van der Waals surface area contributed by atoms with Gasteiger partial charge in [-0.1, -0.05) is 54.6 Å². The van der Waals surface area contributed by atoms with Crippen molar-refractivity contribution in [1.29, 1.82) is 0 Å². The van der Waals surface area contributed by atoms with E-state index in [0.717, 1.165) is 28.9 Å². The summed E-state index contributed by atoms with van der Waals surface area (Å²) in [5.41, 5.74) is 3.00. The highest BCUT2D eigenvalue weighted by Crippen LogP contribution is 2.20. The second-order valence-electron chi connectivity index (χ2n) is 4.96. The van der Waals surface area contributed by atoms with Crippen LogP contribution in [0.15, 0.2) is 77.4 Å². The Morgan fingerprint density at radius 3 is 2.29 bits per heavy atom. The zero-order valence-corrected chi connectivity index (χ0v) is 11.7. The Kier molecular flexibility index (Phi) is 3.97. The monoisotopic (exact) mass is 276 g/mol. The van der Waals surface area contributed by atoms with Crippen molar-refractivity contribution in [2.45, 2.75) is 12.8 Å². The molecule has 0 atom stereocenters. The van der Waals surface area contributed by atoms with E-state index in [1.807, 2.05) is 54.6 Å². The van der Waals surface area contributed by atoms with Gasteiger partial charge in [-0.15, -0.1) is 0 Å².